The summed E-state index contributed by atoms with van der Waals surface area (Å²) in [6.45, 7) is 17.7. The molecule has 1 aromatic heterocycles. The second kappa shape index (κ2) is 15.2. The first-order chi connectivity index (χ1) is 24.7. The van der Waals surface area contributed by atoms with Gasteiger partial charge in [-0.15, -0.1) is 24.2 Å². The molecule has 53 heavy (non-hydrogen) atoms. The van der Waals surface area contributed by atoms with Gasteiger partial charge in [0.15, 0.2) is 11.5 Å². The maximum atomic E-state index is 14.8. The van der Waals surface area contributed by atoms with E-state index in [4.69, 9.17) is 18.8 Å². The van der Waals surface area contributed by atoms with Crippen molar-refractivity contribution in [1.29, 1.82) is 0 Å². The fourth-order valence-electron chi connectivity index (χ4n) is 8.07. The zero-order valence-electron chi connectivity index (χ0n) is 32.3. The summed E-state index contributed by atoms with van der Waals surface area (Å²) >= 11 is 1.48. The van der Waals surface area contributed by atoms with Gasteiger partial charge in [-0.3, -0.25) is 9.59 Å². The molecule has 2 aromatic carbocycles. The van der Waals surface area contributed by atoms with Crippen LogP contribution in [-0.4, -0.2) is 67.4 Å². The Balaban J connectivity index is 0.00000481. The molecule has 1 amide bonds. The van der Waals surface area contributed by atoms with Crippen LogP contribution in [0.1, 0.15) is 93.9 Å². The number of pyridine rings is 1. The number of thioether (sulfide) groups is 1. The number of rotatable bonds is 8. The molecule has 3 aromatic rings. The Labute approximate surface area is 324 Å². The topological polar surface area (TPSA) is 114 Å². The van der Waals surface area contributed by atoms with E-state index in [1.165, 1.54) is 36.7 Å². The van der Waals surface area contributed by atoms with Gasteiger partial charge in [0.1, 0.15) is 0 Å². The lowest BCUT2D eigenvalue weighted by atomic mass is 9.69. The molecule has 3 saturated heterocycles. The minimum Gasteiger partial charge on any atom is -0.448 e. The largest absolute Gasteiger partial charge is 0.496 e. The normalized spacial score (nSPS) is 22.1. The van der Waals surface area contributed by atoms with Crippen LogP contribution in [0.2, 0.25) is 0 Å². The molecular weight excluding hydrogens is 711 g/mol. The van der Waals surface area contributed by atoms with Crippen molar-refractivity contribution < 1.29 is 23.6 Å². The Kier molecular flexibility index (Phi) is 11.3. The van der Waals surface area contributed by atoms with Gasteiger partial charge in [-0.25, -0.2) is 0 Å². The van der Waals surface area contributed by atoms with E-state index in [2.05, 4.69) is 44.8 Å². The molecule has 0 saturated carbocycles. The van der Waals surface area contributed by atoms with Crippen molar-refractivity contribution in [2.24, 2.45) is 5.92 Å². The number of hydrogen-bond acceptors (Lipinski definition) is 9. The predicted octanol–water partition coefficient (Wildman–Crippen LogP) is 6.51. The summed E-state index contributed by atoms with van der Waals surface area (Å²) in [5, 5.41) is 6.57. The van der Waals surface area contributed by atoms with Crippen LogP contribution >= 0.6 is 24.2 Å². The maximum absolute atomic E-state index is 14.8. The lowest BCUT2D eigenvalue weighted by Crippen LogP contribution is -2.47. The molecule has 1 atom stereocenters. The van der Waals surface area contributed by atoms with Gasteiger partial charge >= 0.3 is 7.12 Å². The molecule has 5 heterocycles. The van der Waals surface area contributed by atoms with E-state index in [1.54, 1.807) is 0 Å². The number of carbonyl (C=O) groups excluding carboxylic acids is 1. The van der Waals surface area contributed by atoms with E-state index in [0.29, 0.717) is 33.7 Å². The number of amides is 1. The van der Waals surface area contributed by atoms with Gasteiger partial charge in [0.25, 0.3) is 17.3 Å². The number of aryl methyl sites for hydroxylation is 1. The molecule has 13 heteroatoms. The van der Waals surface area contributed by atoms with Crippen LogP contribution in [0, 0.1) is 19.8 Å². The molecular formula is C40H54BClN4O6S. The Morgan fingerprint density at radius 1 is 0.962 bits per heavy atom. The molecule has 0 radical (unpaired) electrons. The number of H-pyrrole nitrogens is 1. The Morgan fingerprint density at radius 2 is 1.58 bits per heavy atom. The van der Waals surface area contributed by atoms with Crippen molar-refractivity contribution in [2.45, 2.75) is 109 Å². The highest BCUT2D eigenvalue weighted by Gasteiger charge is 2.55. The first-order valence-electron chi connectivity index (χ1n) is 18.8. The van der Waals surface area contributed by atoms with Crippen LogP contribution in [-0.2, 0) is 15.9 Å². The smallest absolute Gasteiger partial charge is 0.448 e. The first-order valence-corrected chi connectivity index (χ1v) is 20.0. The number of hydrogen-bond donors (Lipinski definition) is 3. The van der Waals surface area contributed by atoms with Crippen LogP contribution in [0.5, 0.6) is 11.5 Å². The highest BCUT2D eigenvalue weighted by atomic mass is 35.5. The van der Waals surface area contributed by atoms with Crippen molar-refractivity contribution in [3.8, 4) is 22.6 Å². The number of aromatic amines is 1. The van der Waals surface area contributed by atoms with Crippen molar-refractivity contribution in [3.63, 3.8) is 0 Å². The van der Waals surface area contributed by atoms with E-state index in [0.717, 1.165) is 60.7 Å². The minimum atomic E-state index is -0.928. The van der Waals surface area contributed by atoms with Crippen molar-refractivity contribution in [1.82, 2.24) is 15.6 Å². The van der Waals surface area contributed by atoms with Crippen LogP contribution < -0.4 is 36.0 Å². The molecule has 0 spiro atoms. The highest BCUT2D eigenvalue weighted by molar-refractivity contribution is 7.98. The summed E-state index contributed by atoms with van der Waals surface area (Å²) in [6.07, 6.45) is 7.38. The van der Waals surface area contributed by atoms with Crippen molar-refractivity contribution in [3.05, 3.63) is 63.1 Å². The summed E-state index contributed by atoms with van der Waals surface area (Å²) < 4.78 is 27.4. The SMILES string of the molecule is CSc1cc(C)[nH]c(=O)c1CNC(=O)c1c(C)c2c(c(-c3ccc(N4CCCCC4)cc3)c1B1OC(C)(C)C(C)(C)O1)OC(C)(C1CCNCC1)O2.Cl. The van der Waals surface area contributed by atoms with E-state index in [-0.39, 0.29) is 36.3 Å². The fourth-order valence-corrected chi connectivity index (χ4v) is 8.77. The number of nitrogens with one attached hydrogen (secondary N) is 3. The van der Waals surface area contributed by atoms with Gasteiger partial charge in [-0.05, 0) is 117 Å². The third kappa shape index (κ3) is 7.34. The molecule has 7 rings (SSSR count). The lowest BCUT2D eigenvalue weighted by Gasteiger charge is -2.35. The third-order valence-electron chi connectivity index (χ3n) is 11.8. The average molecular weight is 765 g/mol. The summed E-state index contributed by atoms with van der Waals surface area (Å²) in [6, 6.07) is 10.5. The number of halogens is 1. The van der Waals surface area contributed by atoms with Gasteiger partial charge in [0.2, 0.25) is 0 Å². The van der Waals surface area contributed by atoms with Gasteiger partial charge in [0, 0.05) is 76.5 Å². The summed E-state index contributed by atoms with van der Waals surface area (Å²) in [5.74, 6) is 0.0280. The Morgan fingerprint density at radius 3 is 2.21 bits per heavy atom. The fraction of sp³-hybridized carbons (Fsp3) is 0.550. The molecule has 3 N–H and O–H groups in total. The molecule has 1 unspecified atom stereocenters. The van der Waals surface area contributed by atoms with E-state index in [1.807, 2.05) is 60.8 Å². The number of carbonyl (C=O) groups is 1. The molecule has 4 aliphatic rings. The predicted molar refractivity (Wildman–Crippen MR) is 216 cm³/mol. The van der Waals surface area contributed by atoms with Crippen LogP contribution in [0.15, 0.2) is 40.0 Å². The number of ether oxygens (including phenoxy) is 2. The number of aromatic nitrogens is 1. The van der Waals surface area contributed by atoms with Gasteiger partial charge in [-0.1, -0.05) is 12.1 Å². The van der Waals surface area contributed by atoms with Crippen molar-refractivity contribution >= 4 is 48.3 Å². The molecule has 0 bridgehead atoms. The van der Waals surface area contributed by atoms with Crippen LogP contribution in [0.4, 0.5) is 5.69 Å². The van der Waals surface area contributed by atoms with Crippen LogP contribution in [0.25, 0.3) is 11.1 Å². The number of piperidine rings is 2. The molecule has 4 aliphatic heterocycles. The summed E-state index contributed by atoms with van der Waals surface area (Å²) in [5.41, 5.74) is 4.15. The third-order valence-corrected chi connectivity index (χ3v) is 12.7. The second-order valence-corrected chi connectivity index (χ2v) is 16.7. The molecule has 0 aliphatic carbocycles. The standard InChI is InChI=1S/C40H53BN4O6S.ClH/c1-24-22-30(52-8)29(36(46)44-24)23-43-37(47)31-25(2)34-35(49-40(7,48-34)27-16-18-42-19-17-27)32(33(31)41-50-38(3,4)39(5,6)51-41)26-12-14-28(15-13-26)45-20-10-9-11-21-45;/h12-15,22,27,42H,9-11,16-21,23H2,1-8H3,(H,43,47)(H,44,46);1H. The number of nitrogens with zero attached hydrogens (tertiary/aromatic N) is 1. The molecule has 10 nitrogen and oxygen atoms in total. The van der Waals surface area contributed by atoms with Crippen molar-refractivity contribution in [2.75, 3.05) is 37.3 Å². The quantitative estimate of drug-likeness (QED) is 0.175. The average Bonchev–Trinajstić information content (AvgIpc) is 3.60. The second-order valence-electron chi connectivity index (χ2n) is 15.9. The van der Waals surface area contributed by atoms with E-state index < -0.39 is 24.1 Å². The summed E-state index contributed by atoms with van der Waals surface area (Å²) in [4.78, 5) is 34.0. The van der Waals surface area contributed by atoms with E-state index in [9.17, 15) is 9.59 Å². The maximum Gasteiger partial charge on any atom is 0.496 e. The van der Waals surface area contributed by atoms with Gasteiger partial charge in [0.05, 0.1) is 11.2 Å². The molecule has 286 valence electrons. The molecule has 3 fully saturated rings. The van der Waals surface area contributed by atoms with E-state index >= 15 is 0 Å². The minimum absolute atomic E-state index is 0. The van der Waals surface area contributed by atoms with Gasteiger partial charge < -0.3 is 39.3 Å². The monoisotopic (exact) mass is 764 g/mol. The number of benzene rings is 2. The summed E-state index contributed by atoms with van der Waals surface area (Å²) in [7, 11) is -0.884. The zero-order valence-corrected chi connectivity index (χ0v) is 34.0. The Hall–Kier alpha value is -3.16. The number of fused-ring (bicyclic) bond motifs is 1. The Bertz CT molecular complexity index is 1890. The zero-order chi connectivity index (χ0) is 37.0. The lowest BCUT2D eigenvalue weighted by molar-refractivity contribution is -0.117. The van der Waals surface area contributed by atoms with Crippen LogP contribution in [0.3, 0.4) is 0 Å². The van der Waals surface area contributed by atoms with Gasteiger partial charge in [-0.2, -0.15) is 0 Å². The number of anilines is 1. The first kappa shape index (κ1) is 39.5. The highest BCUT2D eigenvalue weighted by Crippen LogP contribution is 2.52.